The van der Waals surface area contributed by atoms with E-state index in [1.54, 1.807) is 31.4 Å². The quantitative estimate of drug-likeness (QED) is 0.591. The number of methoxy groups -OCH3 is 1. The summed E-state index contributed by atoms with van der Waals surface area (Å²) in [7, 11) is 1.55. The van der Waals surface area contributed by atoms with Crippen LogP contribution in [0, 0.1) is 0 Å². The van der Waals surface area contributed by atoms with Gasteiger partial charge in [-0.15, -0.1) is 0 Å². The Morgan fingerprint density at radius 2 is 2.23 bits per heavy atom. The molecule has 118 valence electrons. The van der Waals surface area contributed by atoms with Crippen molar-refractivity contribution in [2.75, 3.05) is 20.3 Å². The summed E-state index contributed by atoms with van der Waals surface area (Å²) in [6.45, 7) is 2.71. The van der Waals surface area contributed by atoms with Gasteiger partial charge in [0.1, 0.15) is 0 Å². The predicted octanol–water partition coefficient (Wildman–Crippen LogP) is 1.97. The number of hydrogen-bond acceptors (Lipinski definition) is 6. The molecule has 1 aliphatic rings. The number of cyclic esters (lactones) is 1. The van der Waals surface area contributed by atoms with Crippen LogP contribution in [-0.4, -0.2) is 38.4 Å². The van der Waals surface area contributed by atoms with Crippen LogP contribution in [0.2, 0.25) is 0 Å². The van der Waals surface area contributed by atoms with Crippen LogP contribution in [0.15, 0.2) is 24.3 Å². The van der Waals surface area contributed by atoms with Gasteiger partial charge in [0.25, 0.3) is 0 Å². The Hall–Kier alpha value is -2.50. The zero-order valence-electron chi connectivity index (χ0n) is 12.5. The van der Waals surface area contributed by atoms with E-state index in [0.29, 0.717) is 24.5 Å². The third-order valence-corrected chi connectivity index (χ3v) is 3.05. The smallest absolute Gasteiger partial charge is 0.347 e. The van der Waals surface area contributed by atoms with Crippen molar-refractivity contribution in [1.29, 1.82) is 0 Å². The zero-order chi connectivity index (χ0) is 15.9. The van der Waals surface area contributed by atoms with E-state index in [0.717, 1.165) is 5.56 Å². The van der Waals surface area contributed by atoms with Crippen LogP contribution in [0.1, 0.15) is 18.9 Å². The molecule has 1 aliphatic heterocycles. The van der Waals surface area contributed by atoms with Crippen molar-refractivity contribution in [3.05, 3.63) is 29.8 Å². The van der Waals surface area contributed by atoms with Gasteiger partial charge in [-0.1, -0.05) is 6.07 Å². The summed E-state index contributed by atoms with van der Waals surface area (Å²) < 4.78 is 20.4. The summed E-state index contributed by atoms with van der Waals surface area (Å²) in [4.78, 5) is 22.9. The first-order valence-electron chi connectivity index (χ1n) is 7.00. The van der Waals surface area contributed by atoms with Gasteiger partial charge in [0.15, 0.2) is 11.5 Å². The van der Waals surface area contributed by atoms with Gasteiger partial charge in [0.05, 0.1) is 20.3 Å². The predicted molar refractivity (Wildman–Crippen MR) is 78.7 cm³/mol. The van der Waals surface area contributed by atoms with Crippen molar-refractivity contribution in [3.8, 4) is 11.5 Å². The highest BCUT2D eigenvalue weighted by Crippen LogP contribution is 2.28. The maximum atomic E-state index is 11.7. The fraction of sp³-hybridized carbons (Fsp3) is 0.375. The molecule has 1 saturated heterocycles. The molecule has 1 heterocycles. The molecule has 1 fully saturated rings. The Bertz CT molecular complexity index is 578. The average Bonchev–Trinajstić information content (AvgIpc) is 2.91. The summed E-state index contributed by atoms with van der Waals surface area (Å²) in [5, 5.41) is 0. The van der Waals surface area contributed by atoms with Crippen molar-refractivity contribution < 1.29 is 28.5 Å². The molecule has 0 spiro atoms. The number of carbonyl (C=O) groups is 2. The molecular weight excluding hydrogens is 288 g/mol. The van der Waals surface area contributed by atoms with Crippen LogP contribution in [0.3, 0.4) is 0 Å². The normalized spacial score (nSPS) is 17.4. The first kappa shape index (κ1) is 15.9. The first-order chi connectivity index (χ1) is 10.6. The first-order valence-corrected chi connectivity index (χ1v) is 7.00. The number of carbonyl (C=O) groups excluding carboxylic acids is 2. The summed E-state index contributed by atoms with van der Waals surface area (Å²) in [6.07, 6.45) is 2.45. The molecule has 22 heavy (non-hydrogen) atoms. The van der Waals surface area contributed by atoms with Crippen LogP contribution in [0.5, 0.6) is 11.5 Å². The largest absolute Gasteiger partial charge is 0.493 e. The second kappa shape index (κ2) is 7.49. The lowest BCUT2D eigenvalue weighted by molar-refractivity contribution is -0.156. The van der Waals surface area contributed by atoms with E-state index in [1.165, 1.54) is 6.08 Å². The molecule has 0 amide bonds. The van der Waals surface area contributed by atoms with Crippen molar-refractivity contribution >= 4 is 18.0 Å². The van der Waals surface area contributed by atoms with Gasteiger partial charge in [-0.05, 0) is 30.7 Å². The second-order valence-electron chi connectivity index (χ2n) is 4.56. The van der Waals surface area contributed by atoms with Crippen LogP contribution >= 0.6 is 0 Å². The Balaban J connectivity index is 1.99. The zero-order valence-corrected chi connectivity index (χ0v) is 12.5. The van der Waals surface area contributed by atoms with Gasteiger partial charge in [-0.25, -0.2) is 9.59 Å². The highest BCUT2D eigenvalue weighted by molar-refractivity contribution is 5.89. The van der Waals surface area contributed by atoms with Gasteiger partial charge in [0, 0.05) is 12.5 Å². The molecule has 0 saturated carbocycles. The Labute approximate surface area is 128 Å². The lowest BCUT2D eigenvalue weighted by Gasteiger charge is -2.09. The van der Waals surface area contributed by atoms with Gasteiger partial charge >= 0.3 is 11.9 Å². The van der Waals surface area contributed by atoms with E-state index >= 15 is 0 Å². The van der Waals surface area contributed by atoms with Crippen molar-refractivity contribution in [2.24, 2.45) is 0 Å². The molecule has 2 rings (SSSR count). The molecule has 0 aliphatic carbocycles. The highest BCUT2D eigenvalue weighted by atomic mass is 16.6. The van der Waals surface area contributed by atoms with Gasteiger partial charge in [0.2, 0.25) is 6.10 Å². The molecule has 6 heteroatoms. The molecule has 1 atom stereocenters. The molecule has 6 nitrogen and oxygen atoms in total. The van der Waals surface area contributed by atoms with E-state index in [4.69, 9.17) is 18.9 Å². The van der Waals surface area contributed by atoms with Crippen LogP contribution in [0.25, 0.3) is 6.08 Å². The molecule has 0 unspecified atom stereocenters. The molecule has 1 aromatic rings. The van der Waals surface area contributed by atoms with E-state index < -0.39 is 18.0 Å². The Kier molecular flexibility index (Phi) is 5.41. The number of benzene rings is 1. The topological polar surface area (TPSA) is 71.1 Å². The van der Waals surface area contributed by atoms with Gasteiger partial charge in [-0.2, -0.15) is 0 Å². The summed E-state index contributed by atoms with van der Waals surface area (Å²) in [5.41, 5.74) is 0.756. The monoisotopic (exact) mass is 306 g/mol. The number of esters is 2. The molecule has 0 bridgehead atoms. The standard InChI is InChI=1S/C16H18O6/c1-3-20-12-6-4-11(10-14(12)19-2)5-7-15(17)22-13-8-9-21-16(13)18/h4-7,10,13H,3,8-9H2,1-2H3/b7-5+/t13-/m0/s1. The van der Waals surface area contributed by atoms with E-state index in [1.807, 2.05) is 6.92 Å². The minimum atomic E-state index is -0.799. The maximum absolute atomic E-state index is 11.7. The van der Waals surface area contributed by atoms with Crippen LogP contribution in [-0.2, 0) is 19.1 Å². The summed E-state index contributed by atoms with van der Waals surface area (Å²) in [5.74, 6) is 0.136. The molecule has 0 aromatic heterocycles. The summed E-state index contributed by atoms with van der Waals surface area (Å²) in [6, 6.07) is 5.31. The molecule has 1 aromatic carbocycles. The number of hydrogen-bond donors (Lipinski definition) is 0. The SMILES string of the molecule is CCOc1ccc(/C=C/C(=O)O[C@H]2CCOC2=O)cc1OC. The van der Waals surface area contributed by atoms with E-state index in [-0.39, 0.29) is 6.61 Å². The fourth-order valence-corrected chi connectivity index (χ4v) is 1.99. The highest BCUT2D eigenvalue weighted by Gasteiger charge is 2.29. The Morgan fingerprint density at radius 3 is 2.86 bits per heavy atom. The van der Waals surface area contributed by atoms with Crippen LogP contribution in [0.4, 0.5) is 0 Å². The van der Waals surface area contributed by atoms with Crippen molar-refractivity contribution in [2.45, 2.75) is 19.4 Å². The third kappa shape index (κ3) is 4.00. The van der Waals surface area contributed by atoms with Gasteiger partial charge < -0.3 is 18.9 Å². The van der Waals surface area contributed by atoms with E-state index in [9.17, 15) is 9.59 Å². The third-order valence-electron chi connectivity index (χ3n) is 3.05. The maximum Gasteiger partial charge on any atom is 0.347 e. The molecular formula is C16H18O6. The van der Waals surface area contributed by atoms with Crippen LogP contribution < -0.4 is 9.47 Å². The van der Waals surface area contributed by atoms with E-state index in [2.05, 4.69) is 0 Å². The van der Waals surface area contributed by atoms with Gasteiger partial charge in [-0.3, -0.25) is 0 Å². The average molecular weight is 306 g/mol. The van der Waals surface area contributed by atoms with Crippen molar-refractivity contribution in [3.63, 3.8) is 0 Å². The number of ether oxygens (including phenoxy) is 4. The second-order valence-corrected chi connectivity index (χ2v) is 4.56. The number of rotatable bonds is 6. The molecule has 0 radical (unpaired) electrons. The summed E-state index contributed by atoms with van der Waals surface area (Å²) >= 11 is 0. The minimum absolute atomic E-state index is 0.288. The fourth-order valence-electron chi connectivity index (χ4n) is 1.99. The lowest BCUT2D eigenvalue weighted by atomic mass is 10.2. The Morgan fingerprint density at radius 1 is 1.41 bits per heavy atom. The molecule has 0 N–H and O–H groups in total. The minimum Gasteiger partial charge on any atom is -0.493 e. The van der Waals surface area contributed by atoms with Crippen molar-refractivity contribution in [1.82, 2.24) is 0 Å². The lowest BCUT2D eigenvalue weighted by Crippen LogP contribution is -2.21.